The van der Waals surface area contributed by atoms with Crippen molar-refractivity contribution in [1.29, 1.82) is 0 Å². The molecule has 1 N–H and O–H groups in total. The molecule has 0 spiro atoms. The van der Waals surface area contributed by atoms with E-state index < -0.39 is 0 Å². The van der Waals surface area contributed by atoms with E-state index in [1.165, 1.54) is 6.07 Å². The van der Waals surface area contributed by atoms with Crippen LogP contribution in [0.2, 0.25) is 0 Å². The smallest absolute Gasteiger partial charge is 0.269 e. The maximum atomic E-state index is 11.1. The van der Waals surface area contributed by atoms with Crippen LogP contribution in [0.3, 0.4) is 0 Å². The van der Waals surface area contributed by atoms with Crippen molar-refractivity contribution in [2.75, 3.05) is 0 Å². The molecule has 0 radical (unpaired) electrons. The van der Waals surface area contributed by atoms with Crippen molar-refractivity contribution in [1.82, 2.24) is 19.7 Å². The van der Waals surface area contributed by atoms with E-state index in [1.54, 1.807) is 23.9 Å². The third-order valence-corrected chi connectivity index (χ3v) is 6.35. The van der Waals surface area contributed by atoms with Gasteiger partial charge in [0.25, 0.3) is 5.69 Å². The fourth-order valence-corrected chi connectivity index (χ4v) is 4.61. The molecule has 2 aromatic heterocycles. The molecule has 2 aromatic carbocycles. The third-order valence-electron chi connectivity index (χ3n) is 5.24. The molecule has 29 heavy (non-hydrogen) atoms. The number of H-pyrrole nitrogens is 1. The lowest BCUT2D eigenvalue weighted by atomic mass is 10.1. The standard InChI is InChI=1S/C21H19N5O2S/c1-13(14-5-4-6-16(11-14)26(27)28)29-21-24-23-20(25(21)15-9-10-15)18-12-22-19-8-3-2-7-17(18)19/h2-8,11-13,15,22H,9-10H2,1H3/t13-/m1/s1. The van der Waals surface area contributed by atoms with E-state index in [4.69, 9.17) is 0 Å². The molecule has 1 aliphatic carbocycles. The van der Waals surface area contributed by atoms with E-state index in [0.29, 0.717) is 6.04 Å². The van der Waals surface area contributed by atoms with Gasteiger partial charge in [0.2, 0.25) is 0 Å². The number of nitro benzene ring substituents is 1. The average molecular weight is 405 g/mol. The van der Waals surface area contributed by atoms with Gasteiger partial charge >= 0.3 is 0 Å². The Labute approximate surface area is 171 Å². The lowest BCUT2D eigenvalue weighted by Crippen LogP contribution is -2.01. The lowest BCUT2D eigenvalue weighted by molar-refractivity contribution is -0.384. The Morgan fingerprint density at radius 3 is 2.83 bits per heavy atom. The summed E-state index contributed by atoms with van der Waals surface area (Å²) < 4.78 is 2.23. The normalized spacial score (nSPS) is 14.9. The van der Waals surface area contributed by atoms with Gasteiger partial charge in [-0.25, -0.2) is 0 Å². The molecular formula is C21H19N5O2S. The maximum absolute atomic E-state index is 11.1. The summed E-state index contributed by atoms with van der Waals surface area (Å²) in [5, 5.41) is 22.1. The number of nitrogens with zero attached hydrogens (tertiary/aromatic N) is 4. The number of aromatic amines is 1. The van der Waals surface area contributed by atoms with Crippen LogP contribution in [-0.4, -0.2) is 24.7 Å². The van der Waals surface area contributed by atoms with Gasteiger partial charge in [0, 0.05) is 46.1 Å². The Hall–Kier alpha value is -3.13. The predicted molar refractivity (Wildman–Crippen MR) is 113 cm³/mol. The van der Waals surface area contributed by atoms with Crippen LogP contribution in [0, 0.1) is 10.1 Å². The monoisotopic (exact) mass is 405 g/mol. The minimum Gasteiger partial charge on any atom is -0.360 e. The molecule has 4 aromatic rings. The quantitative estimate of drug-likeness (QED) is 0.259. The molecule has 0 aliphatic heterocycles. The Morgan fingerprint density at radius 1 is 1.21 bits per heavy atom. The van der Waals surface area contributed by atoms with E-state index in [9.17, 15) is 10.1 Å². The molecule has 8 heteroatoms. The van der Waals surface area contributed by atoms with Gasteiger partial charge in [-0.2, -0.15) is 0 Å². The van der Waals surface area contributed by atoms with Gasteiger partial charge in [0.1, 0.15) is 0 Å². The highest BCUT2D eigenvalue weighted by Crippen LogP contribution is 2.44. The van der Waals surface area contributed by atoms with Crippen molar-refractivity contribution in [3.63, 3.8) is 0 Å². The molecule has 0 bridgehead atoms. The maximum Gasteiger partial charge on any atom is 0.269 e. The summed E-state index contributed by atoms with van der Waals surface area (Å²) in [6.07, 6.45) is 4.23. The van der Waals surface area contributed by atoms with Crippen LogP contribution >= 0.6 is 11.8 Å². The van der Waals surface area contributed by atoms with Crippen molar-refractivity contribution in [3.8, 4) is 11.4 Å². The number of hydrogen-bond acceptors (Lipinski definition) is 5. The molecule has 1 fully saturated rings. The lowest BCUT2D eigenvalue weighted by Gasteiger charge is -2.13. The summed E-state index contributed by atoms with van der Waals surface area (Å²) in [5.74, 6) is 0.874. The number of benzene rings is 2. The minimum atomic E-state index is -0.358. The molecule has 0 saturated heterocycles. The summed E-state index contributed by atoms with van der Waals surface area (Å²) in [5.41, 5.74) is 3.14. The van der Waals surface area contributed by atoms with Crippen LogP contribution in [0.4, 0.5) is 5.69 Å². The fourth-order valence-electron chi connectivity index (χ4n) is 3.58. The average Bonchev–Trinajstić information content (AvgIpc) is 3.35. The third kappa shape index (κ3) is 3.29. The molecule has 0 unspecified atom stereocenters. The van der Waals surface area contributed by atoms with Crippen molar-refractivity contribution >= 4 is 28.4 Å². The zero-order valence-electron chi connectivity index (χ0n) is 15.8. The first-order valence-corrected chi connectivity index (χ1v) is 10.4. The Morgan fingerprint density at radius 2 is 2.03 bits per heavy atom. The SMILES string of the molecule is C[C@@H](Sc1nnc(-c2c[nH]c3ccccc23)n1C1CC1)c1cccc([N+](=O)[O-])c1. The van der Waals surface area contributed by atoms with E-state index in [1.807, 2.05) is 31.3 Å². The summed E-state index contributed by atoms with van der Waals surface area (Å²) in [7, 11) is 0. The molecule has 1 aliphatic rings. The number of nitrogens with one attached hydrogen (secondary N) is 1. The highest BCUT2D eigenvalue weighted by Gasteiger charge is 2.31. The largest absolute Gasteiger partial charge is 0.360 e. The van der Waals surface area contributed by atoms with Crippen LogP contribution in [-0.2, 0) is 0 Å². The number of nitro groups is 1. The van der Waals surface area contributed by atoms with E-state index in [-0.39, 0.29) is 15.9 Å². The van der Waals surface area contributed by atoms with Crippen LogP contribution in [0.1, 0.15) is 36.6 Å². The summed E-state index contributed by atoms with van der Waals surface area (Å²) >= 11 is 1.59. The number of aromatic nitrogens is 4. The number of fused-ring (bicyclic) bond motifs is 1. The Bertz CT molecular complexity index is 1210. The molecule has 2 heterocycles. The molecule has 1 saturated carbocycles. The topological polar surface area (TPSA) is 89.6 Å². The number of hydrogen-bond donors (Lipinski definition) is 1. The highest BCUT2D eigenvalue weighted by atomic mass is 32.2. The molecular weight excluding hydrogens is 386 g/mol. The van der Waals surface area contributed by atoms with Crippen LogP contribution in [0.5, 0.6) is 0 Å². The second-order valence-corrected chi connectivity index (χ2v) is 8.58. The van der Waals surface area contributed by atoms with Gasteiger partial charge in [-0.3, -0.25) is 14.7 Å². The first-order valence-electron chi connectivity index (χ1n) is 9.54. The van der Waals surface area contributed by atoms with Crippen molar-refractivity contribution < 1.29 is 4.92 Å². The second kappa shape index (κ2) is 7.04. The predicted octanol–water partition coefficient (Wildman–Crippen LogP) is 5.52. The van der Waals surface area contributed by atoms with E-state index in [2.05, 4.69) is 31.9 Å². The molecule has 5 rings (SSSR count). The summed E-state index contributed by atoms with van der Waals surface area (Å²) in [6.45, 7) is 2.04. The van der Waals surface area contributed by atoms with Gasteiger partial charge < -0.3 is 4.98 Å². The molecule has 7 nitrogen and oxygen atoms in total. The van der Waals surface area contributed by atoms with Crippen molar-refractivity contribution in [2.45, 2.75) is 36.2 Å². The first-order chi connectivity index (χ1) is 14.1. The van der Waals surface area contributed by atoms with Crippen molar-refractivity contribution in [3.05, 3.63) is 70.4 Å². The van der Waals surface area contributed by atoms with Gasteiger partial charge in [-0.1, -0.05) is 42.1 Å². The van der Waals surface area contributed by atoms with Crippen LogP contribution < -0.4 is 0 Å². The van der Waals surface area contributed by atoms with Gasteiger partial charge in [-0.15, -0.1) is 10.2 Å². The minimum absolute atomic E-state index is 0.0208. The van der Waals surface area contributed by atoms with Crippen LogP contribution in [0.25, 0.3) is 22.3 Å². The Balaban J connectivity index is 1.50. The molecule has 146 valence electrons. The molecule has 1 atom stereocenters. The Kier molecular flexibility index (Phi) is 4.35. The van der Waals surface area contributed by atoms with E-state index in [0.717, 1.165) is 45.9 Å². The second-order valence-electron chi connectivity index (χ2n) is 7.27. The van der Waals surface area contributed by atoms with Gasteiger partial charge in [-0.05, 0) is 31.4 Å². The number of thioether (sulfide) groups is 1. The highest BCUT2D eigenvalue weighted by molar-refractivity contribution is 7.99. The van der Waals surface area contributed by atoms with Crippen LogP contribution in [0.15, 0.2) is 59.9 Å². The summed E-state index contributed by atoms with van der Waals surface area (Å²) in [6, 6.07) is 15.4. The van der Waals surface area contributed by atoms with Crippen molar-refractivity contribution in [2.24, 2.45) is 0 Å². The van der Waals surface area contributed by atoms with E-state index >= 15 is 0 Å². The fraction of sp³-hybridized carbons (Fsp3) is 0.238. The zero-order chi connectivity index (χ0) is 20.0. The van der Waals surface area contributed by atoms with Gasteiger partial charge in [0.05, 0.1) is 4.92 Å². The van der Waals surface area contributed by atoms with Gasteiger partial charge in [0.15, 0.2) is 11.0 Å². The first kappa shape index (κ1) is 17.9. The number of rotatable bonds is 6. The number of para-hydroxylation sites is 1. The zero-order valence-corrected chi connectivity index (χ0v) is 16.6. The molecule has 0 amide bonds. The summed E-state index contributed by atoms with van der Waals surface area (Å²) in [4.78, 5) is 14.1. The number of non-ortho nitro benzene ring substituents is 1.